The first kappa shape index (κ1) is 32.4. The summed E-state index contributed by atoms with van der Waals surface area (Å²) in [6.07, 6.45) is 0. The van der Waals surface area contributed by atoms with Gasteiger partial charge in [-0.05, 0) is 88.3 Å². The maximum Gasteiger partial charge on any atom is 0.164 e. The average molecular weight is 771 g/mol. The lowest BCUT2D eigenvalue weighted by molar-refractivity contribution is 0.669. The fourth-order valence-corrected chi connectivity index (χ4v) is 10.1. The van der Waals surface area contributed by atoms with Crippen molar-refractivity contribution in [3.05, 3.63) is 182 Å². The average Bonchev–Trinajstić information content (AvgIpc) is 3.97. The predicted molar refractivity (Wildman–Crippen MR) is 246 cm³/mol. The Morgan fingerprint density at radius 2 is 1.05 bits per heavy atom. The van der Waals surface area contributed by atoms with Gasteiger partial charge in [0, 0.05) is 70.2 Å². The van der Waals surface area contributed by atoms with Gasteiger partial charge in [0.1, 0.15) is 11.2 Å². The topological polar surface area (TPSA) is 56.7 Å². The van der Waals surface area contributed by atoms with Gasteiger partial charge >= 0.3 is 0 Å². The van der Waals surface area contributed by atoms with E-state index in [1.54, 1.807) is 0 Å². The molecule has 0 unspecified atom stereocenters. The molecule has 5 nitrogen and oxygen atoms in total. The molecule has 59 heavy (non-hydrogen) atoms. The molecule has 0 amide bonds. The van der Waals surface area contributed by atoms with Gasteiger partial charge in [0.15, 0.2) is 17.5 Å². The van der Waals surface area contributed by atoms with Crippen molar-refractivity contribution in [2.24, 2.45) is 0 Å². The molecule has 0 N–H and O–H groups in total. The number of aromatic nitrogens is 4. The van der Waals surface area contributed by atoms with Gasteiger partial charge in [-0.25, -0.2) is 15.0 Å². The van der Waals surface area contributed by atoms with Crippen molar-refractivity contribution < 1.29 is 4.42 Å². The summed E-state index contributed by atoms with van der Waals surface area (Å²) in [5.74, 6) is 1.92. The van der Waals surface area contributed by atoms with Crippen LogP contribution in [0.1, 0.15) is 0 Å². The Morgan fingerprint density at radius 3 is 1.92 bits per heavy atom. The number of para-hydroxylation sites is 1. The van der Waals surface area contributed by atoms with Crippen LogP contribution in [0.2, 0.25) is 0 Å². The lowest BCUT2D eigenvalue weighted by Crippen LogP contribution is -2.00. The highest BCUT2D eigenvalue weighted by molar-refractivity contribution is 7.25. The molecule has 0 aliphatic heterocycles. The van der Waals surface area contributed by atoms with Gasteiger partial charge in [-0.2, -0.15) is 0 Å². The molecule has 0 saturated carbocycles. The van der Waals surface area contributed by atoms with Crippen LogP contribution < -0.4 is 0 Å². The third-order valence-corrected chi connectivity index (χ3v) is 12.9. The van der Waals surface area contributed by atoms with Crippen molar-refractivity contribution in [3.63, 3.8) is 0 Å². The maximum absolute atomic E-state index is 6.64. The molecule has 0 aliphatic rings. The lowest BCUT2D eigenvalue weighted by atomic mass is 10.0. The fraction of sp³-hybridized carbons (Fsp3) is 0. The SMILES string of the molecule is c1ccc(-c2nc(-c3ccc4c(ccc5oc6cc(-n7c8ccccc8c8cc9ccccc9cc87)ccc6c54)c3)nc(-c3ccc4sc5ccccc5c4c3)n2)cc1. The molecule has 0 bridgehead atoms. The van der Waals surface area contributed by atoms with Gasteiger partial charge in [-0.15, -0.1) is 11.3 Å². The summed E-state index contributed by atoms with van der Waals surface area (Å²) < 4.78 is 11.5. The smallest absolute Gasteiger partial charge is 0.164 e. The Labute approximate surface area is 341 Å². The van der Waals surface area contributed by atoms with Crippen LogP contribution in [0, 0.1) is 0 Å². The largest absolute Gasteiger partial charge is 0.456 e. The summed E-state index contributed by atoms with van der Waals surface area (Å²) in [6.45, 7) is 0. The van der Waals surface area contributed by atoms with Crippen molar-refractivity contribution in [1.29, 1.82) is 0 Å². The summed E-state index contributed by atoms with van der Waals surface area (Å²) in [4.78, 5) is 15.2. The Balaban J connectivity index is 0.950. The number of nitrogens with zero attached hydrogens (tertiary/aromatic N) is 4. The van der Waals surface area contributed by atoms with Crippen LogP contribution in [0.25, 0.3) is 125 Å². The number of hydrogen-bond donors (Lipinski definition) is 0. The van der Waals surface area contributed by atoms with Crippen LogP contribution in [0.3, 0.4) is 0 Å². The molecule has 13 aromatic rings. The molecule has 4 heterocycles. The molecule has 6 heteroatoms. The number of fused-ring (bicyclic) bond motifs is 12. The molecule has 0 fully saturated rings. The van der Waals surface area contributed by atoms with E-state index in [1.807, 2.05) is 41.7 Å². The highest BCUT2D eigenvalue weighted by Crippen LogP contribution is 2.40. The molecule has 9 aromatic carbocycles. The maximum atomic E-state index is 6.64. The minimum Gasteiger partial charge on any atom is -0.456 e. The molecular weight excluding hydrogens is 741 g/mol. The first-order chi connectivity index (χ1) is 29.2. The minimum absolute atomic E-state index is 0.631. The van der Waals surface area contributed by atoms with E-state index in [4.69, 9.17) is 19.4 Å². The van der Waals surface area contributed by atoms with Crippen LogP contribution in [0.5, 0.6) is 0 Å². The molecule has 0 radical (unpaired) electrons. The number of thiophene rings is 1. The molecule has 13 rings (SSSR count). The Kier molecular flexibility index (Phi) is 6.82. The third kappa shape index (κ3) is 5.00. The summed E-state index contributed by atoms with van der Waals surface area (Å²) in [5.41, 5.74) is 7.95. The Morgan fingerprint density at radius 1 is 0.373 bits per heavy atom. The van der Waals surface area contributed by atoms with Gasteiger partial charge < -0.3 is 8.98 Å². The van der Waals surface area contributed by atoms with Crippen LogP contribution >= 0.6 is 11.3 Å². The Hall–Kier alpha value is -7.67. The summed E-state index contributed by atoms with van der Waals surface area (Å²) >= 11 is 1.81. The summed E-state index contributed by atoms with van der Waals surface area (Å²) in [5, 5.41) is 11.8. The van der Waals surface area contributed by atoms with Crippen molar-refractivity contribution >= 4 is 96.8 Å². The van der Waals surface area contributed by atoms with E-state index in [1.165, 1.54) is 52.8 Å². The van der Waals surface area contributed by atoms with Gasteiger partial charge in [0.05, 0.1) is 11.0 Å². The molecule has 0 saturated heterocycles. The zero-order chi connectivity index (χ0) is 38.6. The van der Waals surface area contributed by atoms with E-state index in [2.05, 4.69) is 156 Å². The lowest BCUT2D eigenvalue weighted by Gasteiger charge is -2.10. The second-order valence-electron chi connectivity index (χ2n) is 15.2. The quantitative estimate of drug-likeness (QED) is 0.179. The van der Waals surface area contributed by atoms with Crippen molar-refractivity contribution in [2.75, 3.05) is 0 Å². The zero-order valence-electron chi connectivity index (χ0n) is 31.4. The van der Waals surface area contributed by atoms with E-state index < -0.39 is 0 Å². The highest BCUT2D eigenvalue weighted by Gasteiger charge is 2.18. The Bertz CT molecular complexity index is 3860. The van der Waals surface area contributed by atoms with Crippen molar-refractivity contribution in [1.82, 2.24) is 19.5 Å². The fourth-order valence-electron chi connectivity index (χ4n) is 9.02. The molecule has 0 aliphatic carbocycles. The normalized spacial score (nSPS) is 12.1. The zero-order valence-corrected chi connectivity index (χ0v) is 32.2. The molecule has 0 spiro atoms. The molecule has 4 aromatic heterocycles. The number of furan rings is 1. The molecule has 274 valence electrons. The predicted octanol–water partition coefficient (Wildman–Crippen LogP) is 14.5. The summed E-state index contributed by atoms with van der Waals surface area (Å²) in [6, 6.07) is 64.4. The number of rotatable bonds is 4. The second-order valence-corrected chi connectivity index (χ2v) is 16.3. The van der Waals surface area contributed by atoms with Gasteiger partial charge in [0.2, 0.25) is 0 Å². The molecule has 0 atom stereocenters. The van der Waals surface area contributed by atoms with E-state index in [0.29, 0.717) is 17.5 Å². The highest BCUT2D eigenvalue weighted by atomic mass is 32.1. The first-order valence-corrected chi connectivity index (χ1v) is 20.6. The first-order valence-electron chi connectivity index (χ1n) is 19.8. The van der Waals surface area contributed by atoms with Gasteiger partial charge in [-0.1, -0.05) is 109 Å². The van der Waals surface area contributed by atoms with Crippen molar-refractivity contribution in [2.45, 2.75) is 0 Å². The summed E-state index contributed by atoms with van der Waals surface area (Å²) in [7, 11) is 0. The van der Waals surface area contributed by atoms with E-state index in [9.17, 15) is 0 Å². The van der Waals surface area contributed by atoms with E-state index in [-0.39, 0.29) is 0 Å². The minimum atomic E-state index is 0.631. The van der Waals surface area contributed by atoms with E-state index >= 15 is 0 Å². The van der Waals surface area contributed by atoms with Gasteiger partial charge in [-0.3, -0.25) is 0 Å². The van der Waals surface area contributed by atoms with Crippen LogP contribution in [-0.2, 0) is 0 Å². The molecular formula is C53H30N4OS. The third-order valence-electron chi connectivity index (χ3n) is 11.8. The second kappa shape index (κ2) is 12.4. The van der Waals surface area contributed by atoms with Crippen LogP contribution in [0.4, 0.5) is 0 Å². The van der Waals surface area contributed by atoms with Crippen LogP contribution in [0.15, 0.2) is 186 Å². The monoisotopic (exact) mass is 770 g/mol. The van der Waals surface area contributed by atoms with E-state index in [0.717, 1.165) is 55.1 Å². The van der Waals surface area contributed by atoms with Gasteiger partial charge in [0.25, 0.3) is 0 Å². The van der Waals surface area contributed by atoms with Crippen molar-refractivity contribution in [3.8, 4) is 39.9 Å². The van der Waals surface area contributed by atoms with Crippen LogP contribution in [-0.4, -0.2) is 19.5 Å². The number of benzene rings is 9. The standard InChI is InChI=1S/C53H30N4OS/c1-2-10-31(11-3-1)51-54-52(56-53(55-51)36-20-25-49-43(28-36)40-15-7-9-17-48(40)59-49)35-18-22-38-34(26-35)19-24-46-50(38)41-23-21-37(30-47(41)58-46)57-44-16-8-6-14-39(44)42-27-32-12-4-5-13-33(32)29-45(42)57/h1-30H. The number of hydrogen-bond acceptors (Lipinski definition) is 5.